The molecule has 0 saturated heterocycles. The molecule has 0 bridgehead atoms. The van der Waals surface area contributed by atoms with Crippen LogP contribution in [0.3, 0.4) is 0 Å². The first-order valence-electron chi connectivity index (χ1n) is 5.25. The number of para-hydroxylation sites is 1. The molecule has 4 nitrogen and oxygen atoms in total. The Morgan fingerprint density at radius 2 is 2.18 bits per heavy atom. The molecule has 0 spiro atoms. The van der Waals surface area contributed by atoms with E-state index in [9.17, 15) is 4.79 Å². The summed E-state index contributed by atoms with van der Waals surface area (Å²) in [7, 11) is 1.60. The summed E-state index contributed by atoms with van der Waals surface area (Å²) in [5.74, 6) is 0.110. The lowest BCUT2D eigenvalue weighted by atomic mass is 10.1. The molecule has 5 heteroatoms. The summed E-state index contributed by atoms with van der Waals surface area (Å²) in [6.07, 6.45) is 0. The average Bonchev–Trinajstić information content (AvgIpc) is 2.35. The summed E-state index contributed by atoms with van der Waals surface area (Å²) < 4.78 is 5.18. The lowest BCUT2D eigenvalue weighted by molar-refractivity contribution is -0.122. The summed E-state index contributed by atoms with van der Waals surface area (Å²) in [5, 5.41) is 2.77. The second-order valence-electron chi connectivity index (χ2n) is 3.65. The van der Waals surface area contributed by atoms with Crippen LogP contribution in [-0.2, 0) is 11.3 Å². The molecule has 0 aliphatic rings. The largest absolute Gasteiger partial charge is 0.496 e. The van der Waals surface area contributed by atoms with Crippen LogP contribution in [0.4, 0.5) is 0 Å². The van der Waals surface area contributed by atoms with Crippen LogP contribution in [0.1, 0.15) is 12.5 Å². The first-order valence-corrected chi connectivity index (χ1v) is 5.66. The molecule has 1 unspecified atom stereocenters. The number of ether oxygens (including phenoxy) is 1. The van der Waals surface area contributed by atoms with Crippen molar-refractivity contribution in [3.8, 4) is 5.75 Å². The summed E-state index contributed by atoms with van der Waals surface area (Å²) in [6.45, 7) is 2.08. The van der Waals surface area contributed by atoms with Gasteiger partial charge in [-0.25, -0.2) is 0 Å². The van der Waals surface area contributed by atoms with Crippen LogP contribution in [0.25, 0.3) is 0 Å². The fraction of sp³-hybridized carbons (Fsp3) is 0.333. The third-order valence-electron chi connectivity index (χ3n) is 2.47. The highest BCUT2D eigenvalue weighted by Crippen LogP contribution is 2.16. The van der Waals surface area contributed by atoms with E-state index in [0.29, 0.717) is 6.54 Å². The summed E-state index contributed by atoms with van der Waals surface area (Å²) in [6, 6.07) is 7.51. The Kier molecular flexibility index (Phi) is 4.90. The van der Waals surface area contributed by atoms with Gasteiger partial charge in [-0.2, -0.15) is 0 Å². The zero-order valence-electron chi connectivity index (χ0n) is 9.90. The highest BCUT2D eigenvalue weighted by molar-refractivity contribution is 7.80. The predicted octanol–water partition coefficient (Wildman–Crippen LogP) is 1.23. The number of carbonyl (C=O) groups is 1. The van der Waals surface area contributed by atoms with Crippen LogP contribution in [-0.4, -0.2) is 18.0 Å². The molecule has 1 aromatic rings. The number of nitrogens with two attached hydrogens (primary N) is 1. The number of carbonyl (C=O) groups excluding carboxylic acids is 1. The number of amides is 1. The van der Waals surface area contributed by atoms with Gasteiger partial charge in [0.25, 0.3) is 0 Å². The maximum absolute atomic E-state index is 11.6. The number of hydrogen-bond donors (Lipinski definition) is 2. The molecule has 0 aliphatic carbocycles. The van der Waals surface area contributed by atoms with Crippen LogP contribution in [0.15, 0.2) is 24.3 Å². The van der Waals surface area contributed by atoms with Crippen molar-refractivity contribution >= 4 is 23.1 Å². The third kappa shape index (κ3) is 3.71. The molecule has 1 rings (SSSR count). The Morgan fingerprint density at radius 1 is 1.53 bits per heavy atom. The lowest BCUT2D eigenvalue weighted by Gasteiger charge is -2.12. The Balaban J connectivity index is 2.61. The van der Waals surface area contributed by atoms with Crippen LogP contribution >= 0.6 is 12.2 Å². The maximum Gasteiger partial charge on any atom is 0.229 e. The second-order valence-corrected chi connectivity index (χ2v) is 4.13. The minimum atomic E-state index is -0.459. The van der Waals surface area contributed by atoms with Gasteiger partial charge in [-0.3, -0.25) is 4.79 Å². The fourth-order valence-electron chi connectivity index (χ4n) is 1.31. The van der Waals surface area contributed by atoms with Crippen molar-refractivity contribution in [3.63, 3.8) is 0 Å². The van der Waals surface area contributed by atoms with Crippen molar-refractivity contribution in [2.24, 2.45) is 11.7 Å². The number of hydrogen-bond acceptors (Lipinski definition) is 3. The predicted molar refractivity (Wildman–Crippen MR) is 70.8 cm³/mol. The minimum Gasteiger partial charge on any atom is -0.496 e. The normalized spacial score (nSPS) is 11.6. The second kappa shape index (κ2) is 6.20. The van der Waals surface area contributed by atoms with Crippen molar-refractivity contribution < 1.29 is 9.53 Å². The SMILES string of the molecule is COc1ccccc1CNC(=O)C(C)C(N)=S. The smallest absolute Gasteiger partial charge is 0.229 e. The van der Waals surface area contributed by atoms with Crippen LogP contribution in [0, 0.1) is 5.92 Å². The van der Waals surface area contributed by atoms with E-state index in [-0.39, 0.29) is 10.9 Å². The lowest BCUT2D eigenvalue weighted by Crippen LogP contribution is -2.35. The summed E-state index contributed by atoms with van der Waals surface area (Å²) in [5.41, 5.74) is 6.32. The van der Waals surface area contributed by atoms with Gasteiger partial charge in [0.2, 0.25) is 5.91 Å². The van der Waals surface area contributed by atoms with Gasteiger partial charge in [-0.1, -0.05) is 30.4 Å². The Labute approximate surface area is 106 Å². The molecule has 1 aromatic carbocycles. The van der Waals surface area contributed by atoms with Gasteiger partial charge in [0.05, 0.1) is 18.0 Å². The van der Waals surface area contributed by atoms with E-state index < -0.39 is 5.92 Å². The average molecular weight is 252 g/mol. The Bertz CT molecular complexity index is 421. The molecule has 3 N–H and O–H groups in total. The van der Waals surface area contributed by atoms with Crippen LogP contribution < -0.4 is 15.8 Å². The Hall–Kier alpha value is -1.62. The van der Waals surface area contributed by atoms with Gasteiger partial charge >= 0.3 is 0 Å². The monoisotopic (exact) mass is 252 g/mol. The highest BCUT2D eigenvalue weighted by Gasteiger charge is 2.15. The van der Waals surface area contributed by atoms with Crippen molar-refractivity contribution in [1.29, 1.82) is 0 Å². The first kappa shape index (κ1) is 13.4. The van der Waals surface area contributed by atoms with E-state index in [2.05, 4.69) is 5.32 Å². The first-order chi connectivity index (χ1) is 8.06. The zero-order valence-corrected chi connectivity index (χ0v) is 10.7. The van der Waals surface area contributed by atoms with E-state index in [0.717, 1.165) is 11.3 Å². The number of nitrogens with one attached hydrogen (secondary N) is 1. The molecule has 0 heterocycles. The third-order valence-corrected chi connectivity index (χ3v) is 2.82. The molecule has 0 radical (unpaired) electrons. The molecule has 0 aliphatic heterocycles. The summed E-state index contributed by atoms with van der Waals surface area (Å²) in [4.78, 5) is 11.8. The van der Waals surface area contributed by atoms with Crippen molar-refractivity contribution in [2.45, 2.75) is 13.5 Å². The van der Waals surface area contributed by atoms with E-state index in [1.54, 1.807) is 14.0 Å². The van der Waals surface area contributed by atoms with E-state index >= 15 is 0 Å². The topological polar surface area (TPSA) is 64.3 Å². The molecule has 0 aromatic heterocycles. The van der Waals surface area contributed by atoms with Gasteiger partial charge in [0.1, 0.15) is 5.75 Å². The van der Waals surface area contributed by atoms with Crippen molar-refractivity contribution in [1.82, 2.24) is 5.32 Å². The molecule has 17 heavy (non-hydrogen) atoms. The number of methoxy groups -OCH3 is 1. The number of thiocarbonyl (C=S) groups is 1. The molecule has 92 valence electrons. The maximum atomic E-state index is 11.6. The zero-order chi connectivity index (χ0) is 12.8. The molecular formula is C12H16N2O2S. The van der Waals surface area contributed by atoms with Gasteiger partial charge in [-0.05, 0) is 13.0 Å². The number of benzene rings is 1. The molecule has 1 atom stereocenters. The van der Waals surface area contributed by atoms with Gasteiger partial charge < -0.3 is 15.8 Å². The van der Waals surface area contributed by atoms with Crippen LogP contribution in [0.5, 0.6) is 5.75 Å². The summed E-state index contributed by atoms with van der Waals surface area (Å²) >= 11 is 4.77. The fourth-order valence-corrected chi connectivity index (χ4v) is 1.42. The highest BCUT2D eigenvalue weighted by atomic mass is 32.1. The van der Waals surface area contributed by atoms with Crippen LogP contribution in [0.2, 0.25) is 0 Å². The van der Waals surface area contributed by atoms with Gasteiger partial charge in [0, 0.05) is 12.1 Å². The van der Waals surface area contributed by atoms with E-state index in [1.807, 2.05) is 24.3 Å². The standard InChI is InChI=1S/C12H16N2O2S/c1-8(11(13)17)12(15)14-7-9-5-3-4-6-10(9)16-2/h3-6,8H,7H2,1-2H3,(H2,13,17)(H,14,15). The van der Waals surface area contributed by atoms with Gasteiger partial charge in [0.15, 0.2) is 0 Å². The van der Waals surface area contributed by atoms with Crippen molar-refractivity contribution in [3.05, 3.63) is 29.8 Å². The molecule has 0 fully saturated rings. The molecule has 1 amide bonds. The molecular weight excluding hydrogens is 236 g/mol. The Morgan fingerprint density at radius 3 is 2.76 bits per heavy atom. The minimum absolute atomic E-state index is 0.177. The van der Waals surface area contributed by atoms with Gasteiger partial charge in [-0.15, -0.1) is 0 Å². The van der Waals surface area contributed by atoms with Crippen molar-refractivity contribution in [2.75, 3.05) is 7.11 Å². The number of rotatable bonds is 5. The molecule has 0 saturated carbocycles. The van der Waals surface area contributed by atoms with E-state index in [1.165, 1.54) is 0 Å². The quantitative estimate of drug-likeness (QED) is 0.774. The van der Waals surface area contributed by atoms with E-state index in [4.69, 9.17) is 22.7 Å².